The maximum Gasteiger partial charge on any atom is 0.459 e. The number of hydrogen-bond donors (Lipinski definition) is 0. The second kappa shape index (κ2) is 5.95. The lowest BCUT2D eigenvalue weighted by Crippen LogP contribution is -2.44. The molecule has 0 aliphatic carbocycles. The molecule has 8 heteroatoms. The van der Waals surface area contributed by atoms with Gasteiger partial charge in [0.05, 0.1) is 10.7 Å². The van der Waals surface area contributed by atoms with Crippen molar-refractivity contribution < 1.29 is 22.0 Å². The highest BCUT2D eigenvalue weighted by Gasteiger charge is 2.61. The third kappa shape index (κ3) is 3.13. The molecule has 0 atom stereocenters. The number of aliphatic imine (C=N–C) groups is 1. The van der Waals surface area contributed by atoms with E-state index in [0.717, 1.165) is 5.56 Å². The van der Waals surface area contributed by atoms with Crippen molar-refractivity contribution in [3.63, 3.8) is 0 Å². The first-order valence-electron chi connectivity index (χ1n) is 7.12. The van der Waals surface area contributed by atoms with Gasteiger partial charge in [0.1, 0.15) is 5.71 Å². The van der Waals surface area contributed by atoms with Crippen LogP contribution in [0, 0.1) is 6.92 Å². The third-order valence-electron chi connectivity index (χ3n) is 3.91. The van der Waals surface area contributed by atoms with Crippen LogP contribution in [0.2, 0.25) is 10.0 Å². The smallest absolute Gasteiger partial charge is 0.250 e. The summed E-state index contributed by atoms with van der Waals surface area (Å²) in [4.78, 5) is 3.45. The molecule has 2 aromatic rings. The molecule has 0 fully saturated rings. The zero-order chi connectivity index (χ0) is 18.6. The van der Waals surface area contributed by atoms with Crippen LogP contribution in [0.15, 0.2) is 35.3 Å². The molecule has 0 saturated heterocycles. The van der Waals surface area contributed by atoms with Gasteiger partial charge in [-0.1, -0.05) is 35.3 Å². The molecule has 25 heavy (non-hydrogen) atoms. The summed E-state index contributed by atoms with van der Waals surface area (Å²) in [5.41, 5.74) is 0.957. The lowest BCUT2D eigenvalue weighted by Gasteiger charge is -2.19. The number of halogens is 7. The molecular weight excluding hydrogens is 384 g/mol. The Morgan fingerprint density at radius 2 is 1.56 bits per heavy atom. The molecule has 0 N–H and O–H groups in total. The first-order valence-corrected chi connectivity index (χ1v) is 7.88. The molecule has 3 rings (SSSR count). The van der Waals surface area contributed by atoms with E-state index in [1.807, 2.05) is 6.92 Å². The van der Waals surface area contributed by atoms with E-state index in [1.165, 1.54) is 12.1 Å². The second-order valence-corrected chi connectivity index (χ2v) is 6.57. The number of rotatable bonds is 2. The predicted octanol–water partition coefficient (Wildman–Crippen LogP) is 6.80. The van der Waals surface area contributed by atoms with E-state index in [-0.39, 0.29) is 16.3 Å². The Hall–Kier alpha value is -1.66. The highest BCUT2D eigenvalue weighted by atomic mass is 35.5. The minimum atomic E-state index is -5.69. The zero-order valence-corrected chi connectivity index (χ0v) is 14.2. The van der Waals surface area contributed by atoms with E-state index in [0.29, 0.717) is 16.1 Å². The van der Waals surface area contributed by atoms with Crippen LogP contribution in [0.3, 0.4) is 0 Å². The van der Waals surface area contributed by atoms with Crippen LogP contribution in [-0.4, -0.2) is 17.8 Å². The van der Waals surface area contributed by atoms with Gasteiger partial charge in [0, 0.05) is 22.6 Å². The van der Waals surface area contributed by atoms with Crippen molar-refractivity contribution in [3.8, 4) is 11.1 Å². The van der Waals surface area contributed by atoms with Crippen LogP contribution in [0.4, 0.5) is 27.6 Å². The van der Waals surface area contributed by atoms with Gasteiger partial charge in [-0.15, -0.1) is 0 Å². The summed E-state index contributed by atoms with van der Waals surface area (Å²) < 4.78 is 64.7. The Kier molecular flexibility index (Phi) is 4.32. The highest BCUT2D eigenvalue weighted by molar-refractivity contribution is 6.36. The fraction of sp³-hybridized carbons (Fsp3) is 0.235. The molecule has 0 spiro atoms. The predicted molar refractivity (Wildman–Crippen MR) is 88.4 cm³/mol. The van der Waals surface area contributed by atoms with Crippen LogP contribution in [-0.2, 0) is 6.42 Å². The Balaban J connectivity index is 2.03. The second-order valence-electron chi connectivity index (χ2n) is 5.75. The van der Waals surface area contributed by atoms with Gasteiger partial charge in [-0.05, 0) is 36.2 Å². The number of nitrogens with zero attached hydrogens (tertiary/aromatic N) is 1. The van der Waals surface area contributed by atoms with E-state index < -0.39 is 24.2 Å². The third-order valence-corrected chi connectivity index (χ3v) is 4.54. The summed E-state index contributed by atoms with van der Waals surface area (Å²) in [6, 6.07) is 7.95. The molecular formula is C17H10Cl2F5N. The van der Waals surface area contributed by atoms with Crippen molar-refractivity contribution in [1.82, 2.24) is 0 Å². The summed E-state index contributed by atoms with van der Waals surface area (Å²) >= 11 is 12.4. The maximum absolute atomic E-state index is 13.5. The normalized spacial score (nSPS) is 14.5. The Labute approximate surface area is 150 Å². The molecule has 0 amide bonds. The standard InChI is InChI=1S/C17H10Cl2F5N/c1-8-2-3-10(12(18)4-8)11-5-9-6-15(16(20,21)17(22,23)24)25-14(9)7-13(11)19/h2-5,7H,6H2,1H3. The number of aryl methyl sites for hydroxylation is 1. The Morgan fingerprint density at radius 3 is 2.16 bits per heavy atom. The fourth-order valence-electron chi connectivity index (χ4n) is 2.61. The summed E-state index contributed by atoms with van der Waals surface area (Å²) in [6.45, 7) is 1.85. The van der Waals surface area contributed by atoms with Gasteiger partial charge in [0.15, 0.2) is 0 Å². The topological polar surface area (TPSA) is 12.4 Å². The molecule has 0 bridgehead atoms. The summed E-state index contributed by atoms with van der Waals surface area (Å²) in [5.74, 6) is -4.99. The molecule has 0 radical (unpaired) electrons. The van der Waals surface area contributed by atoms with E-state index >= 15 is 0 Å². The lowest BCUT2D eigenvalue weighted by molar-refractivity contribution is -0.249. The first-order chi connectivity index (χ1) is 11.5. The van der Waals surface area contributed by atoms with Crippen molar-refractivity contribution in [2.45, 2.75) is 25.4 Å². The molecule has 1 aliphatic heterocycles. The number of hydrogen-bond acceptors (Lipinski definition) is 1. The van der Waals surface area contributed by atoms with Crippen LogP contribution in [0.1, 0.15) is 11.1 Å². The summed E-state index contributed by atoms with van der Waals surface area (Å²) in [5, 5.41) is 0.575. The molecule has 132 valence electrons. The van der Waals surface area contributed by atoms with Crippen molar-refractivity contribution in [2.75, 3.05) is 0 Å². The average Bonchev–Trinajstić information content (AvgIpc) is 2.89. The van der Waals surface area contributed by atoms with Gasteiger partial charge in [0.25, 0.3) is 0 Å². The monoisotopic (exact) mass is 393 g/mol. The quantitative estimate of drug-likeness (QED) is 0.497. The number of benzene rings is 2. The Morgan fingerprint density at radius 1 is 0.920 bits per heavy atom. The molecule has 2 aromatic carbocycles. The number of alkyl halides is 5. The van der Waals surface area contributed by atoms with E-state index in [4.69, 9.17) is 23.2 Å². The average molecular weight is 394 g/mol. The highest BCUT2D eigenvalue weighted by Crippen LogP contribution is 2.44. The summed E-state index contributed by atoms with van der Waals surface area (Å²) in [6.07, 6.45) is -6.30. The van der Waals surface area contributed by atoms with Gasteiger partial charge in [0.2, 0.25) is 0 Å². The van der Waals surface area contributed by atoms with Crippen LogP contribution in [0.25, 0.3) is 11.1 Å². The van der Waals surface area contributed by atoms with Crippen molar-refractivity contribution in [3.05, 3.63) is 51.5 Å². The Bertz CT molecular complexity index is 887. The van der Waals surface area contributed by atoms with Gasteiger partial charge >= 0.3 is 12.1 Å². The van der Waals surface area contributed by atoms with Crippen molar-refractivity contribution in [1.29, 1.82) is 0 Å². The SMILES string of the molecule is Cc1ccc(-c2cc3c(cc2Cl)N=C(C(F)(F)C(F)(F)F)C3)c(Cl)c1. The van der Waals surface area contributed by atoms with Crippen LogP contribution < -0.4 is 0 Å². The minimum Gasteiger partial charge on any atom is -0.250 e. The van der Waals surface area contributed by atoms with E-state index in [9.17, 15) is 22.0 Å². The van der Waals surface area contributed by atoms with Gasteiger partial charge in [-0.2, -0.15) is 22.0 Å². The summed E-state index contributed by atoms with van der Waals surface area (Å²) in [7, 11) is 0. The van der Waals surface area contributed by atoms with Gasteiger partial charge in [-0.25, -0.2) is 0 Å². The first kappa shape index (κ1) is 18.1. The van der Waals surface area contributed by atoms with Crippen LogP contribution >= 0.6 is 23.2 Å². The van der Waals surface area contributed by atoms with Gasteiger partial charge in [-0.3, -0.25) is 4.99 Å². The van der Waals surface area contributed by atoms with Crippen molar-refractivity contribution in [2.24, 2.45) is 4.99 Å². The maximum atomic E-state index is 13.5. The van der Waals surface area contributed by atoms with Crippen LogP contribution in [0.5, 0.6) is 0 Å². The number of fused-ring (bicyclic) bond motifs is 1. The molecule has 1 nitrogen and oxygen atoms in total. The molecule has 0 saturated carbocycles. The molecule has 1 heterocycles. The van der Waals surface area contributed by atoms with Gasteiger partial charge < -0.3 is 0 Å². The largest absolute Gasteiger partial charge is 0.459 e. The fourth-order valence-corrected chi connectivity index (χ4v) is 3.20. The molecule has 1 aliphatic rings. The molecule has 0 aromatic heterocycles. The van der Waals surface area contributed by atoms with E-state index in [1.54, 1.807) is 18.2 Å². The zero-order valence-electron chi connectivity index (χ0n) is 12.7. The van der Waals surface area contributed by atoms with Crippen molar-refractivity contribution >= 4 is 34.6 Å². The minimum absolute atomic E-state index is 0.0101. The van der Waals surface area contributed by atoms with E-state index in [2.05, 4.69) is 4.99 Å². The lowest BCUT2D eigenvalue weighted by atomic mass is 9.98. The molecule has 0 unspecified atom stereocenters.